The second-order valence-electron chi connectivity index (χ2n) is 9.85. The number of amides is 3. The quantitative estimate of drug-likeness (QED) is 0.617. The van der Waals surface area contributed by atoms with Gasteiger partial charge in [-0.05, 0) is 43.4 Å². The van der Waals surface area contributed by atoms with Crippen LogP contribution in [0.4, 0.5) is 18.0 Å². The van der Waals surface area contributed by atoms with Crippen LogP contribution in [0.3, 0.4) is 0 Å². The van der Waals surface area contributed by atoms with E-state index in [0.29, 0.717) is 37.4 Å². The van der Waals surface area contributed by atoms with Crippen LogP contribution in [-0.2, 0) is 9.59 Å². The van der Waals surface area contributed by atoms with E-state index < -0.39 is 23.6 Å². The van der Waals surface area contributed by atoms with Gasteiger partial charge in [-0.3, -0.25) is 9.59 Å². The fraction of sp³-hybridized carbons (Fsp3) is 0.625. The van der Waals surface area contributed by atoms with Crippen molar-refractivity contribution < 1.29 is 32.7 Å². The molecule has 2 atom stereocenters. The van der Waals surface area contributed by atoms with E-state index in [-0.39, 0.29) is 56.1 Å². The number of benzene rings is 1. The molecule has 0 spiro atoms. The van der Waals surface area contributed by atoms with Crippen molar-refractivity contribution in [2.45, 2.75) is 44.2 Å². The second kappa shape index (κ2) is 9.87. The molecular formula is C24H29ClF3N3O4. The highest BCUT2D eigenvalue weighted by Crippen LogP contribution is 2.54. The number of nitrogens with one attached hydrogen (secondary N) is 1. The maximum atomic E-state index is 13.6. The Balaban J connectivity index is 1.39. The predicted octanol–water partition coefficient (Wildman–Crippen LogP) is 4.12. The van der Waals surface area contributed by atoms with E-state index in [1.54, 1.807) is 17.0 Å². The molecule has 0 aromatic heterocycles. The van der Waals surface area contributed by atoms with Crippen LogP contribution in [0.1, 0.15) is 43.6 Å². The van der Waals surface area contributed by atoms with Gasteiger partial charge in [-0.25, -0.2) is 4.79 Å². The normalized spacial score (nSPS) is 24.7. The number of hydrogen-bond donors (Lipinski definition) is 2. The van der Waals surface area contributed by atoms with Crippen molar-refractivity contribution in [2.24, 2.45) is 17.3 Å². The lowest BCUT2D eigenvalue weighted by molar-refractivity contribution is -0.249. The van der Waals surface area contributed by atoms with Gasteiger partial charge in [0.15, 0.2) is 0 Å². The van der Waals surface area contributed by atoms with E-state index >= 15 is 0 Å². The van der Waals surface area contributed by atoms with Gasteiger partial charge in [0.1, 0.15) is 5.41 Å². The molecule has 0 radical (unpaired) electrons. The zero-order valence-corrected chi connectivity index (χ0v) is 19.9. The fourth-order valence-corrected chi connectivity index (χ4v) is 5.73. The Morgan fingerprint density at radius 2 is 1.69 bits per heavy atom. The van der Waals surface area contributed by atoms with Crippen LogP contribution in [0.15, 0.2) is 24.3 Å². The summed E-state index contributed by atoms with van der Waals surface area (Å²) in [5.41, 5.74) is -1.30. The molecule has 1 aliphatic carbocycles. The SMILES string of the molecule is O=C(O)NC[C@H]1CN(C(=O)C2CCN(C(=O)C3(C(F)(F)F)CCC3)CC2)C[C@H]1c1ccc(Cl)cc1. The van der Waals surface area contributed by atoms with Gasteiger partial charge in [0.2, 0.25) is 11.8 Å². The van der Waals surface area contributed by atoms with Crippen molar-refractivity contribution in [3.63, 3.8) is 0 Å². The number of piperidine rings is 1. The third-order valence-corrected chi connectivity index (χ3v) is 8.11. The molecule has 0 unspecified atom stereocenters. The number of nitrogens with zero attached hydrogens (tertiary/aromatic N) is 2. The molecule has 0 bridgehead atoms. The van der Waals surface area contributed by atoms with Gasteiger partial charge in [0.25, 0.3) is 0 Å². The molecule has 3 amide bonds. The summed E-state index contributed by atoms with van der Waals surface area (Å²) in [5, 5.41) is 12.0. The summed E-state index contributed by atoms with van der Waals surface area (Å²) in [6.07, 6.45) is -5.00. The van der Waals surface area contributed by atoms with Gasteiger partial charge < -0.3 is 20.2 Å². The van der Waals surface area contributed by atoms with Crippen molar-refractivity contribution in [1.82, 2.24) is 15.1 Å². The van der Waals surface area contributed by atoms with Crippen LogP contribution in [0, 0.1) is 17.3 Å². The first-order valence-corrected chi connectivity index (χ1v) is 12.3. The van der Waals surface area contributed by atoms with E-state index in [0.717, 1.165) is 5.56 Å². The number of likely N-dealkylation sites (tertiary alicyclic amines) is 2. The molecule has 2 heterocycles. The first-order chi connectivity index (χ1) is 16.5. The zero-order chi connectivity index (χ0) is 25.4. The molecule has 1 saturated carbocycles. The van der Waals surface area contributed by atoms with E-state index in [9.17, 15) is 27.6 Å². The lowest BCUT2D eigenvalue weighted by Gasteiger charge is -2.45. The summed E-state index contributed by atoms with van der Waals surface area (Å²) < 4.78 is 40.7. The second-order valence-corrected chi connectivity index (χ2v) is 10.3. The molecule has 3 aliphatic rings. The monoisotopic (exact) mass is 515 g/mol. The molecular weight excluding hydrogens is 487 g/mol. The topological polar surface area (TPSA) is 89.9 Å². The fourth-order valence-electron chi connectivity index (χ4n) is 5.60. The number of carbonyl (C=O) groups excluding carboxylic acids is 2. The highest BCUT2D eigenvalue weighted by Gasteiger charge is 2.64. The minimum absolute atomic E-state index is 0.0741. The Kier molecular flexibility index (Phi) is 7.22. The third-order valence-electron chi connectivity index (χ3n) is 7.86. The molecule has 7 nitrogen and oxygen atoms in total. The standard InChI is InChI=1S/C24H29ClF3N3O4/c25-18-4-2-15(3-5-18)19-14-31(13-17(19)12-29-22(34)35)20(32)16-6-10-30(11-7-16)21(33)23(8-1-9-23)24(26,27)28/h2-5,16-17,19,29H,1,6-14H2,(H,34,35)/t17-,19-/m0/s1. The maximum Gasteiger partial charge on any atom is 0.404 e. The highest BCUT2D eigenvalue weighted by molar-refractivity contribution is 6.30. The summed E-state index contributed by atoms with van der Waals surface area (Å²) in [6, 6.07) is 7.25. The van der Waals surface area contributed by atoms with Crippen LogP contribution >= 0.6 is 11.6 Å². The van der Waals surface area contributed by atoms with E-state index in [4.69, 9.17) is 16.7 Å². The molecule has 4 rings (SSSR count). The Morgan fingerprint density at radius 1 is 1.06 bits per heavy atom. The van der Waals surface area contributed by atoms with Gasteiger partial charge in [-0.15, -0.1) is 0 Å². The Hall–Kier alpha value is -2.49. The maximum absolute atomic E-state index is 13.6. The third kappa shape index (κ3) is 5.08. The molecule has 11 heteroatoms. The molecule has 35 heavy (non-hydrogen) atoms. The van der Waals surface area contributed by atoms with Gasteiger partial charge in [-0.1, -0.05) is 30.2 Å². The Morgan fingerprint density at radius 3 is 2.20 bits per heavy atom. The number of alkyl halides is 3. The van der Waals surface area contributed by atoms with Crippen LogP contribution in [0.25, 0.3) is 0 Å². The Bertz CT molecular complexity index is 960. The number of carboxylic acid groups (broad SMARTS) is 1. The summed E-state index contributed by atoms with van der Waals surface area (Å²) in [7, 11) is 0. The van der Waals surface area contributed by atoms with Crippen molar-refractivity contribution in [1.29, 1.82) is 0 Å². The van der Waals surface area contributed by atoms with Crippen LogP contribution in [-0.4, -0.2) is 71.7 Å². The number of hydrogen-bond acceptors (Lipinski definition) is 3. The lowest BCUT2D eigenvalue weighted by atomic mass is 9.67. The molecule has 3 fully saturated rings. The van der Waals surface area contributed by atoms with Crippen molar-refractivity contribution in [3.05, 3.63) is 34.9 Å². The Labute approximate surface area is 206 Å². The van der Waals surface area contributed by atoms with Gasteiger partial charge in [0.05, 0.1) is 0 Å². The van der Waals surface area contributed by atoms with E-state index in [2.05, 4.69) is 5.32 Å². The first kappa shape index (κ1) is 25.6. The molecule has 2 saturated heterocycles. The number of carbonyl (C=O) groups is 3. The molecule has 2 aliphatic heterocycles. The van der Waals surface area contributed by atoms with Crippen LogP contribution in [0.2, 0.25) is 5.02 Å². The number of rotatable bonds is 5. The minimum atomic E-state index is -4.56. The van der Waals surface area contributed by atoms with Crippen molar-refractivity contribution >= 4 is 29.5 Å². The van der Waals surface area contributed by atoms with Crippen LogP contribution < -0.4 is 5.32 Å². The van der Waals surface area contributed by atoms with E-state index in [1.165, 1.54) is 4.90 Å². The average Bonchev–Trinajstić information content (AvgIpc) is 3.20. The predicted molar refractivity (Wildman–Crippen MR) is 122 cm³/mol. The molecule has 1 aromatic rings. The lowest BCUT2D eigenvalue weighted by Crippen LogP contribution is -2.57. The summed E-state index contributed by atoms with van der Waals surface area (Å²) in [6.45, 7) is 1.25. The highest BCUT2D eigenvalue weighted by atomic mass is 35.5. The summed E-state index contributed by atoms with van der Waals surface area (Å²) in [5.74, 6) is -1.52. The average molecular weight is 516 g/mol. The van der Waals surface area contributed by atoms with Crippen molar-refractivity contribution in [2.75, 3.05) is 32.7 Å². The van der Waals surface area contributed by atoms with Gasteiger partial charge >= 0.3 is 12.3 Å². The smallest absolute Gasteiger partial charge is 0.404 e. The minimum Gasteiger partial charge on any atom is -0.465 e. The van der Waals surface area contributed by atoms with Crippen molar-refractivity contribution in [3.8, 4) is 0 Å². The molecule has 1 aromatic carbocycles. The van der Waals surface area contributed by atoms with Gasteiger partial charge in [0, 0.05) is 55.5 Å². The number of halogens is 4. The molecule has 2 N–H and O–H groups in total. The first-order valence-electron chi connectivity index (χ1n) is 11.9. The summed E-state index contributed by atoms with van der Waals surface area (Å²) in [4.78, 5) is 40.1. The zero-order valence-electron chi connectivity index (χ0n) is 19.2. The molecule has 192 valence electrons. The van der Waals surface area contributed by atoms with Crippen LogP contribution in [0.5, 0.6) is 0 Å². The largest absolute Gasteiger partial charge is 0.465 e. The summed E-state index contributed by atoms with van der Waals surface area (Å²) >= 11 is 5.99. The van der Waals surface area contributed by atoms with E-state index in [1.807, 2.05) is 12.1 Å². The van der Waals surface area contributed by atoms with Gasteiger partial charge in [-0.2, -0.15) is 13.2 Å².